The summed E-state index contributed by atoms with van der Waals surface area (Å²) in [6.45, 7) is 14.5. The third kappa shape index (κ3) is 5.93. The second kappa shape index (κ2) is 10.3. The van der Waals surface area contributed by atoms with Crippen molar-refractivity contribution in [3.05, 3.63) is 61.2 Å². The molecule has 39 heavy (non-hydrogen) atoms. The summed E-state index contributed by atoms with van der Waals surface area (Å²) in [4.78, 5) is 26.8. The fourth-order valence-corrected chi connectivity index (χ4v) is 5.93. The molecular weight excluding hydrogens is 530 g/mol. The summed E-state index contributed by atoms with van der Waals surface area (Å²) in [5.41, 5.74) is -0.333. The molecule has 12 heteroatoms. The molecule has 1 saturated heterocycles. The molecule has 3 heterocycles. The number of hydrogen-bond acceptors (Lipinski definition) is 8. The summed E-state index contributed by atoms with van der Waals surface area (Å²) < 4.78 is 52.8. The van der Waals surface area contributed by atoms with E-state index in [0.29, 0.717) is 16.7 Å². The highest BCUT2D eigenvalue weighted by atomic mass is 31.2. The quantitative estimate of drug-likeness (QED) is 0.494. The molecule has 2 aliphatic rings. The first kappa shape index (κ1) is 29.7. The van der Waals surface area contributed by atoms with Gasteiger partial charge in [-0.2, -0.15) is 0 Å². The maximum atomic E-state index is 15.5. The van der Waals surface area contributed by atoms with Gasteiger partial charge < -0.3 is 14.4 Å². The van der Waals surface area contributed by atoms with Crippen LogP contribution in [0.3, 0.4) is 0 Å². The molecule has 0 spiro atoms. The monoisotopic (exact) mass is 568 g/mol. The summed E-state index contributed by atoms with van der Waals surface area (Å²) in [5.74, 6) is -0.474. The average Bonchev–Trinajstić information content (AvgIpc) is 3.16. The second-order valence-corrected chi connectivity index (χ2v) is 14.1. The Labute approximate surface area is 227 Å². The van der Waals surface area contributed by atoms with Gasteiger partial charge in [0.15, 0.2) is 0 Å². The van der Waals surface area contributed by atoms with Gasteiger partial charge in [0.05, 0.1) is 24.9 Å². The molecule has 0 saturated carbocycles. The Morgan fingerprint density at radius 3 is 2.41 bits per heavy atom. The number of nitrogens with one attached hydrogen (secondary N) is 1. The van der Waals surface area contributed by atoms with Gasteiger partial charge in [-0.1, -0.05) is 55.4 Å². The Balaban J connectivity index is 1.55. The number of H-pyrrole nitrogens is 1. The molecular formula is C27H38FN2O8P. The summed E-state index contributed by atoms with van der Waals surface area (Å²) >= 11 is 0. The van der Waals surface area contributed by atoms with Crippen molar-refractivity contribution in [1.29, 1.82) is 0 Å². The van der Waals surface area contributed by atoms with Crippen molar-refractivity contribution in [2.45, 2.75) is 104 Å². The number of benzene rings is 1. The lowest BCUT2D eigenvalue weighted by atomic mass is 9.78. The Kier molecular flexibility index (Phi) is 7.81. The highest BCUT2D eigenvalue weighted by molar-refractivity contribution is 7.49. The third-order valence-electron chi connectivity index (χ3n) is 7.02. The summed E-state index contributed by atoms with van der Waals surface area (Å²) in [7, 11) is -4.20. The van der Waals surface area contributed by atoms with Crippen LogP contribution in [-0.2, 0) is 35.8 Å². The number of nitrogens with zero attached hydrogens (tertiary/aromatic N) is 1. The highest BCUT2D eigenvalue weighted by Crippen LogP contribution is 2.58. The number of rotatable bonds is 5. The zero-order valence-electron chi connectivity index (χ0n) is 23.7. The van der Waals surface area contributed by atoms with E-state index in [1.165, 1.54) is 10.8 Å². The van der Waals surface area contributed by atoms with Crippen molar-refractivity contribution in [2.75, 3.05) is 6.61 Å². The highest BCUT2D eigenvalue weighted by Gasteiger charge is 2.43. The largest absolute Gasteiger partial charge is 0.530 e. The molecule has 1 aromatic carbocycles. The Bertz CT molecular complexity index is 1420. The van der Waals surface area contributed by atoms with E-state index in [0.717, 1.165) is 0 Å². The number of hydrogen-bond donors (Lipinski definition) is 2. The SMILES string of the molecule is CC(C)c1cn(C2CC(O)C(COP3(=O)OCc4c(F)c(C(C)(C)C)cc(C(C)(C)C)c4O3)O2)c(=O)[nH]c1=O. The zero-order valence-corrected chi connectivity index (χ0v) is 24.6. The number of ether oxygens (including phenoxy) is 1. The molecule has 0 aliphatic carbocycles. The van der Waals surface area contributed by atoms with Crippen molar-refractivity contribution >= 4 is 7.82 Å². The molecule has 0 bridgehead atoms. The lowest BCUT2D eigenvalue weighted by Crippen LogP contribution is -2.34. The molecule has 4 rings (SSSR count). The van der Waals surface area contributed by atoms with Gasteiger partial charge in [-0.3, -0.25) is 23.4 Å². The lowest BCUT2D eigenvalue weighted by Gasteiger charge is -2.33. The van der Waals surface area contributed by atoms with E-state index in [1.807, 2.05) is 55.4 Å². The van der Waals surface area contributed by atoms with Gasteiger partial charge in [0.25, 0.3) is 5.56 Å². The molecule has 2 aliphatic heterocycles. The van der Waals surface area contributed by atoms with Crippen LogP contribution in [0, 0.1) is 5.82 Å². The van der Waals surface area contributed by atoms with Gasteiger partial charge in [-0.15, -0.1) is 0 Å². The molecule has 0 amide bonds. The van der Waals surface area contributed by atoms with E-state index >= 15 is 4.39 Å². The number of aliphatic hydroxyl groups is 1. The zero-order chi connectivity index (χ0) is 29.1. The Hall–Kier alpha value is -2.30. The van der Waals surface area contributed by atoms with E-state index in [9.17, 15) is 19.3 Å². The minimum Gasteiger partial charge on any atom is -0.403 e. The molecule has 216 valence electrons. The van der Waals surface area contributed by atoms with Crippen LogP contribution in [0.1, 0.15) is 96.2 Å². The smallest absolute Gasteiger partial charge is 0.403 e. The predicted molar refractivity (Wildman–Crippen MR) is 143 cm³/mol. The summed E-state index contributed by atoms with van der Waals surface area (Å²) in [5, 5.41) is 10.6. The Morgan fingerprint density at radius 1 is 1.18 bits per heavy atom. The van der Waals surface area contributed by atoms with E-state index in [-0.39, 0.29) is 36.9 Å². The first-order chi connectivity index (χ1) is 17.9. The van der Waals surface area contributed by atoms with Crippen molar-refractivity contribution < 1.29 is 32.4 Å². The number of phosphoric acid groups is 1. The normalized spacial score (nSPS) is 25.6. The molecule has 1 aromatic heterocycles. The van der Waals surface area contributed by atoms with E-state index in [1.54, 1.807) is 6.07 Å². The Morgan fingerprint density at radius 2 is 1.82 bits per heavy atom. The maximum Gasteiger partial charge on any atom is 0.530 e. The topological polar surface area (TPSA) is 129 Å². The lowest BCUT2D eigenvalue weighted by molar-refractivity contribution is -0.0470. The molecule has 2 N–H and O–H groups in total. The average molecular weight is 569 g/mol. The van der Waals surface area contributed by atoms with Crippen LogP contribution in [-0.4, -0.2) is 33.5 Å². The maximum absolute atomic E-state index is 15.5. The fraction of sp³-hybridized carbons (Fsp3) is 0.630. The summed E-state index contributed by atoms with van der Waals surface area (Å²) in [6, 6.07) is 1.74. The molecule has 4 unspecified atom stereocenters. The first-order valence-corrected chi connectivity index (χ1v) is 14.5. The van der Waals surface area contributed by atoms with E-state index in [4.69, 9.17) is 18.3 Å². The molecule has 2 aromatic rings. The predicted octanol–water partition coefficient (Wildman–Crippen LogP) is 4.78. The minimum atomic E-state index is -4.20. The van der Waals surface area contributed by atoms with Gasteiger partial charge in [0, 0.05) is 23.7 Å². The number of phosphoric ester groups is 1. The van der Waals surface area contributed by atoms with Crippen LogP contribution < -0.4 is 15.8 Å². The van der Waals surface area contributed by atoms with Crippen molar-refractivity contribution in [2.24, 2.45) is 0 Å². The van der Waals surface area contributed by atoms with Gasteiger partial charge in [0.2, 0.25) is 0 Å². The third-order valence-corrected chi connectivity index (χ3v) is 8.34. The standard InChI is InChI=1S/C27H38FN2O8P/c1-14(2)15-11-30(25(33)29-24(15)32)21-10-19(31)20(37-21)13-36-39(34)35-12-16-22(28)17(26(3,4)5)9-18(23(16)38-39)27(6,7)8/h9,11,14,19-21,31H,10,12-13H2,1-8H3,(H,29,32,33). The van der Waals surface area contributed by atoms with Crippen LogP contribution in [0.15, 0.2) is 21.9 Å². The van der Waals surface area contributed by atoms with Gasteiger partial charge >= 0.3 is 13.5 Å². The second-order valence-electron chi connectivity index (χ2n) is 12.5. The van der Waals surface area contributed by atoms with Crippen LogP contribution in [0.25, 0.3) is 0 Å². The molecule has 4 atom stereocenters. The number of aromatic nitrogens is 2. The van der Waals surface area contributed by atoms with Crippen molar-refractivity contribution in [1.82, 2.24) is 9.55 Å². The van der Waals surface area contributed by atoms with E-state index in [2.05, 4.69) is 4.98 Å². The molecule has 10 nitrogen and oxygen atoms in total. The summed E-state index contributed by atoms with van der Waals surface area (Å²) in [6.07, 6.45) is -1.42. The molecule has 0 radical (unpaired) electrons. The number of aromatic amines is 1. The van der Waals surface area contributed by atoms with Crippen LogP contribution in [0.5, 0.6) is 5.75 Å². The van der Waals surface area contributed by atoms with E-state index < -0.39 is 54.2 Å². The van der Waals surface area contributed by atoms with Crippen molar-refractivity contribution in [3.63, 3.8) is 0 Å². The van der Waals surface area contributed by atoms with Crippen LogP contribution in [0.4, 0.5) is 4.39 Å². The van der Waals surface area contributed by atoms with Gasteiger partial charge in [0.1, 0.15) is 23.9 Å². The minimum absolute atomic E-state index is 0.0430. The molecule has 1 fully saturated rings. The van der Waals surface area contributed by atoms with Gasteiger partial charge in [-0.05, 0) is 28.4 Å². The first-order valence-electron chi connectivity index (χ1n) is 13.0. The van der Waals surface area contributed by atoms with Crippen LogP contribution in [0.2, 0.25) is 0 Å². The number of fused-ring (bicyclic) bond motifs is 1. The van der Waals surface area contributed by atoms with Gasteiger partial charge in [-0.25, -0.2) is 13.8 Å². The fourth-order valence-electron chi connectivity index (χ4n) is 4.71. The van der Waals surface area contributed by atoms with Crippen LogP contribution >= 0.6 is 7.82 Å². The number of halogens is 1. The number of aliphatic hydroxyl groups excluding tert-OH is 1. The van der Waals surface area contributed by atoms with Crippen molar-refractivity contribution in [3.8, 4) is 5.75 Å².